The Bertz CT molecular complexity index is 732. The number of aliphatic hydroxyl groups excluding tert-OH is 4. The van der Waals surface area contributed by atoms with Crippen LogP contribution in [0.3, 0.4) is 0 Å². The van der Waals surface area contributed by atoms with Crippen molar-refractivity contribution in [3.05, 3.63) is 48.0 Å². The van der Waals surface area contributed by atoms with Crippen molar-refractivity contribution >= 4 is 22.7 Å². The highest BCUT2D eigenvalue weighted by molar-refractivity contribution is 5.62. The first-order valence-corrected chi connectivity index (χ1v) is 9.78. The minimum Gasteiger partial charge on any atom is -0.398 e. The van der Waals surface area contributed by atoms with Crippen molar-refractivity contribution in [3.63, 3.8) is 0 Å². The van der Waals surface area contributed by atoms with Gasteiger partial charge in [-0.3, -0.25) is 0 Å². The molecule has 0 aliphatic rings. The number of hydrogen-bond acceptors (Lipinski definition) is 8. The van der Waals surface area contributed by atoms with Gasteiger partial charge >= 0.3 is 0 Å². The molecule has 0 aliphatic heterocycles. The van der Waals surface area contributed by atoms with Gasteiger partial charge < -0.3 is 41.3 Å². The van der Waals surface area contributed by atoms with E-state index in [4.69, 9.17) is 5.73 Å². The molecule has 0 amide bonds. The number of nitrogens with two attached hydrogens (primary N) is 1. The summed E-state index contributed by atoms with van der Waals surface area (Å²) < 4.78 is 0. The third kappa shape index (κ3) is 6.79. The Labute approximate surface area is 171 Å². The van der Waals surface area contributed by atoms with E-state index in [0.29, 0.717) is 38.4 Å². The van der Waals surface area contributed by atoms with Gasteiger partial charge in [0.1, 0.15) is 0 Å². The van der Waals surface area contributed by atoms with Crippen molar-refractivity contribution in [3.8, 4) is 0 Å². The quantitative estimate of drug-likeness (QED) is 0.266. The van der Waals surface area contributed by atoms with Crippen molar-refractivity contribution in [2.45, 2.75) is 6.54 Å². The maximum atomic E-state index is 9.25. The van der Waals surface area contributed by atoms with Crippen LogP contribution in [0.4, 0.5) is 22.7 Å². The predicted octanol–water partition coefficient (Wildman–Crippen LogP) is 0.463. The number of nitrogens with zero attached hydrogens (tertiary/aromatic N) is 2. The Morgan fingerprint density at radius 1 is 0.724 bits per heavy atom. The summed E-state index contributed by atoms with van der Waals surface area (Å²) in [7, 11) is 0. The van der Waals surface area contributed by atoms with Crippen LogP contribution < -0.4 is 20.9 Å². The first-order chi connectivity index (χ1) is 14.1. The van der Waals surface area contributed by atoms with E-state index in [1.54, 1.807) is 0 Å². The molecule has 0 radical (unpaired) electrons. The van der Waals surface area contributed by atoms with Gasteiger partial charge in [-0.25, -0.2) is 0 Å². The largest absolute Gasteiger partial charge is 0.398 e. The van der Waals surface area contributed by atoms with Crippen LogP contribution in [0.5, 0.6) is 0 Å². The molecule has 29 heavy (non-hydrogen) atoms. The van der Waals surface area contributed by atoms with E-state index in [0.717, 1.165) is 22.6 Å². The maximum absolute atomic E-state index is 9.25. The molecule has 8 heteroatoms. The second kappa shape index (κ2) is 12.1. The molecule has 0 spiro atoms. The van der Waals surface area contributed by atoms with Crippen LogP contribution in [0, 0.1) is 0 Å². The fraction of sp³-hybridized carbons (Fsp3) is 0.429. The molecule has 0 fully saturated rings. The topological polar surface area (TPSA) is 125 Å². The molecule has 0 bridgehead atoms. The fourth-order valence-corrected chi connectivity index (χ4v) is 3.17. The minimum atomic E-state index is 0.00291. The lowest BCUT2D eigenvalue weighted by Crippen LogP contribution is -2.29. The van der Waals surface area contributed by atoms with Crippen LogP contribution in [0.1, 0.15) is 5.56 Å². The molecule has 2 aromatic rings. The Hall–Kier alpha value is -2.52. The summed E-state index contributed by atoms with van der Waals surface area (Å²) in [5, 5.41) is 40.3. The van der Waals surface area contributed by atoms with Crippen molar-refractivity contribution < 1.29 is 20.4 Å². The lowest BCUT2D eigenvalue weighted by molar-refractivity contribution is 0.280. The first-order valence-electron chi connectivity index (χ1n) is 9.78. The molecule has 2 rings (SSSR count). The van der Waals surface area contributed by atoms with Crippen LogP contribution in [-0.2, 0) is 6.54 Å². The number of nitrogens with one attached hydrogen (secondary N) is 1. The molecule has 0 atom stereocenters. The summed E-state index contributed by atoms with van der Waals surface area (Å²) in [6.45, 7) is 2.31. The smallest absolute Gasteiger partial charge is 0.0606 e. The van der Waals surface area contributed by atoms with Gasteiger partial charge in [0, 0.05) is 55.5 Å². The van der Waals surface area contributed by atoms with E-state index >= 15 is 0 Å². The van der Waals surface area contributed by atoms with Crippen molar-refractivity contribution in [2.24, 2.45) is 0 Å². The number of benzene rings is 2. The van der Waals surface area contributed by atoms with Gasteiger partial charge in [0.2, 0.25) is 0 Å². The number of rotatable bonds is 13. The molecule has 2 aromatic carbocycles. The zero-order chi connectivity index (χ0) is 21.1. The lowest BCUT2D eigenvalue weighted by Gasteiger charge is -2.24. The van der Waals surface area contributed by atoms with E-state index < -0.39 is 0 Å². The summed E-state index contributed by atoms with van der Waals surface area (Å²) in [4.78, 5) is 3.83. The normalized spacial score (nSPS) is 10.8. The molecule has 8 nitrogen and oxygen atoms in total. The van der Waals surface area contributed by atoms with Crippen molar-refractivity contribution in [2.75, 3.05) is 73.5 Å². The molecule has 0 saturated carbocycles. The number of anilines is 4. The van der Waals surface area contributed by atoms with Gasteiger partial charge in [-0.05, 0) is 42.0 Å². The fourth-order valence-electron chi connectivity index (χ4n) is 3.17. The SMILES string of the molecule is Nc1ccc(N(CCO)CCO)cc1CNc1cccc(N(CCO)CCO)c1. The Balaban J connectivity index is 2.13. The van der Waals surface area contributed by atoms with Gasteiger partial charge in [-0.1, -0.05) is 6.07 Å². The van der Waals surface area contributed by atoms with Crippen molar-refractivity contribution in [1.82, 2.24) is 0 Å². The van der Waals surface area contributed by atoms with E-state index in [1.807, 2.05) is 52.3 Å². The molecular formula is C21H32N4O4. The number of nitrogen functional groups attached to an aromatic ring is 1. The van der Waals surface area contributed by atoms with Crippen LogP contribution in [0.15, 0.2) is 42.5 Å². The number of aliphatic hydroxyl groups is 4. The van der Waals surface area contributed by atoms with Gasteiger partial charge in [0.05, 0.1) is 26.4 Å². The third-order valence-corrected chi connectivity index (χ3v) is 4.67. The molecule has 0 heterocycles. The van der Waals surface area contributed by atoms with E-state index in [1.165, 1.54) is 0 Å². The zero-order valence-electron chi connectivity index (χ0n) is 16.7. The van der Waals surface area contributed by atoms with E-state index in [2.05, 4.69) is 5.32 Å². The zero-order valence-corrected chi connectivity index (χ0v) is 16.7. The second-order valence-electron chi connectivity index (χ2n) is 6.66. The third-order valence-electron chi connectivity index (χ3n) is 4.67. The second-order valence-corrected chi connectivity index (χ2v) is 6.66. The summed E-state index contributed by atoms with van der Waals surface area (Å²) in [5.41, 5.74) is 10.4. The summed E-state index contributed by atoms with van der Waals surface area (Å²) >= 11 is 0. The Morgan fingerprint density at radius 2 is 1.28 bits per heavy atom. The Kier molecular flexibility index (Phi) is 9.52. The standard InChI is InChI=1S/C21H32N4O4/c22-21-5-4-20(25(8-12-28)9-13-29)14-17(21)16-23-18-2-1-3-19(15-18)24(6-10-26)7-11-27/h1-5,14-15,23,26-29H,6-13,16,22H2. The molecule has 0 aromatic heterocycles. The summed E-state index contributed by atoms with van der Waals surface area (Å²) in [6.07, 6.45) is 0. The van der Waals surface area contributed by atoms with Crippen LogP contribution in [0.25, 0.3) is 0 Å². The van der Waals surface area contributed by atoms with E-state index in [-0.39, 0.29) is 26.4 Å². The highest BCUT2D eigenvalue weighted by Gasteiger charge is 2.09. The molecular weight excluding hydrogens is 372 g/mol. The average Bonchev–Trinajstić information content (AvgIpc) is 2.73. The minimum absolute atomic E-state index is 0.00291. The highest BCUT2D eigenvalue weighted by Crippen LogP contribution is 2.24. The molecule has 7 N–H and O–H groups in total. The summed E-state index contributed by atoms with van der Waals surface area (Å²) in [6, 6.07) is 13.4. The molecule has 0 unspecified atom stereocenters. The van der Waals surface area contributed by atoms with Crippen LogP contribution in [-0.4, -0.2) is 73.0 Å². The van der Waals surface area contributed by atoms with Gasteiger partial charge in [0.25, 0.3) is 0 Å². The number of hydrogen-bond donors (Lipinski definition) is 6. The molecule has 0 aliphatic carbocycles. The van der Waals surface area contributed by atoms with Crippen molar-refractivity contribution in [1.29, 1.82) is 0 Å². The first kappa shape index (κ1) is 22.8. The maximum Gasteiger partial charge on any atom is 0.0606 e. The Morgan fingerprint density at radius 3 is 1.83 bits per heavy atom. The predicted molar refractivity (Wildman–Crippen MR) is 117 cm³/mol. The van der Waals surface area contributed by atoms with E-state index in [9.17, 15) is 20.4 Å². The monoisotopic (exact) mass is 404 g/mol. The van der Waals surface area contributed by atoms with Gasteiger partial charge in [-0.15, -0.1) is 0 Å². The lowest BCUT2D eigenvalue weighted by atomic mass is 10.1. The highest BCUT2D eigenvalue weighted by atomic mass is 16.3. The van der Waals surface area contributed by atoms with Crippen LogP contribution >= 0.6 is 0 Å². The van der Waals surface area contributed by atoms with Gasteiger partial charge in [-0.2, -0.15) is 0 Å². The van der Waals surface area contributed by atoms with Crippen LogP contribution in [0.2, 0.25) is 0 Å². The average molecular weight is 405 g/mol. The molecule has 0 saturated heterocycles. The molecule has 160 valence electrons. The van der Waals surface area contributed by atoms with Gasteiger partial charge in [0.15, 0.2) is 0 Å². The summed E-state index contributed by atoms with van der Waals surface area (Å²) in [5.74, 6) is 0.